The lowest BCUT2D eigenvalue weighted by Crippen LogP contribution is -2.57. The molecule has 0 radical (unpaired) electrons. The summed E-state index contributed by atoms with van der Waals surface area (Å²) in [6.07, 6.45) is -0.304. The molecule has 0 unspecified atom stereocenters. The molecule has 1 aliphatic rings. The third kappa shape index (κ3) is 6.09. The van der Waals surface area contributed by atoms with Crippen molar-refractivity contribution in [3.63, 3.8) is 0 Å². The minimum Gasteiger partial charge on any atom is -0.497 e. The highest BCUT2D eigenvalue weighted by Crippen LogP contribution is 2.44. The fourth-order valence-electron chi connectivity index (χ4n) is 4.78. The molecular weight excluding hydrogens is 513 g/mol. The second-order valence-corrected chi connectivity index (χ2v) is 9.91. The zero-order valence-electron chi connectivity index (χ0n) is 20.6. The Labute approximate surface area is 226 Å². The number of ether oxygens (including phenoxy) is 2. The Bertz CT molecular complexity index is 1210. The molecule has 1 amide bonds. The molecule has 194 valence electrons. The number of aliphatic carboxylic acids is 1. The zero-order valence-corrected chi connectivity index (χ0v) is 22.2. The van der Waals surface area contributed by atoms with E-state index in [2.05, 4.69) is 0 Å². The van der Waals surface area contributed by atoms with Crippen LogP contribution in [0.25, 0.3) is 0 Å². The van der Waals surface area contributed by atoms with E-state index >= 15 is 0 Å². The van der Waals surface area contributed by atoms with E-state index in [1.807, 2.05) is 55.5 Å². The number of nitrogens with zero attached hydrogens (tertiary/aromatic N) is 1. The summed E-state index contributed by atoms with van der Waals surface area (Å²) in [7, 11) is 1.59. The highest BCUT2D eigenvalue weighted by Gasteiger charge is 2.48. The van der Waals surface area contributed by atoms with Crippen LogP contribution in [0.2, 0.25) is 10.0 Å². The molecule has 1 N–H and O–H groups in total. The standard InChI is InChI=1S/C29H29Cl2NO5/c1-3-4-24(29(34)35)32-26(19-7-11-21(30)12-8-19)27(20-9-13-22(31)14-10-20)37-25(28(32)33)17-18-5-15-23(36-2)16-6-18/h5-16,24-27H,3-4,17H2,1-2H3,(H,34,35)/t24-,25+,26-,27+/m1/s1. The number of carboxylic acid groups (broad SMARTS) is 1. The molecule has 4 rings (SSSR count). The molecule has 0 aromatic heterocycles. The Morgan fingerprint density at radius 1 is 0.973 bits per heavy atom. The molecule has 0 bridgehead atoms. The lowest BCUT2D eigenvalue weighted by atomic mass is 9.88. The van der Waals surface area contributed by atoms with E-state index in [0.717, 1.165) is 16.7 Å². The van der Waals surface area contributed by atoms with Crippen LogP contribution in [0.5, 0.6) is 5.75 Å². The van der Waals surface area contributed by atoms with Gasteiger partial charge in [-0.05, 0) is 59.5 Å². The Hall–Kier alpha value is -3.06. The van der Waals surface area contributed by atoms with Crippen molar-refractivity contribution in [2.75, 3.05) is 7.11 Å². The van der Waals surface area contributed by atoms with Gasteiger partial charge in [0.1, 0.15) is 24.0 Å². The summed E-state index contributed by atoms with van der Waals surface area (Å²) in [6, 6.07) is 20.0. The highest BCUT2D eigenvalue weighted by atomic mass is 35.5. The largest absolute Gasteiger partial charge is 0.497 e. The number of hydrogen-bond donors (Lipinski definition) is 1. The fourth-order valence-corrected chi connectivity index (χ4v) is 5.03. The number of rotatable bonds is 9. The van der Waals surface area contributed by atoms with E-state index in [1.165, 1.54) is 4.90 Å². The van der Waals surface area contributed by atoms with E-state index in [4.69, 9.17) is 32.7 Å². The number of morpholine rings is 1. The normalized spacial score (nSPS) is 20.5. The zero-order chi connectivity index (χ0) is 26.5. The quantitative estimate of drug-likeness (QED) is 0.334. The molecule has 8 heteroatoms. The third-order valence-corrected chi connectivity index (χ3v) is 7.10. The Kier molecular flexibility index (Phi) is 8.75. The number of hydrogen-bond acceptors (Lipinski definition) is 4. The van der Waals surface area contributed by atoms with Gasteiger partial charge in [0.05, 0.1) is 13.2 Å². The fraction of sp³-hybridized carbons (Fsp3) is 0.310. The molecule has 0 saturated carbocycles. The van der Waals surface area contributed by atoms with Crippen molar-refractivity contribution in [1.82, 2.24) is 4.90 Å². The van der Waals surface area contributed by atoms with E-state index in [0.29, 0.717) is 28.6 Å². The van der Waals surface area contributed by atoms with Crippen molar-refractivity contribution < 1.29 is 24.2 Å². The van der Waals surface area contributed by atoms with Crippen molar-refractivity contribution in [1.29, 1.82) is 0 Å². The maximum Gasteiger partial charge on any atom is 0.326 e. The topological polar surface area (TPSA) is 76.1 Å². The SMILES string of the molecule is CCC[C@H](C(=O)O)N1C(=O)[C@H](Cc2ccc(OC)cc2)O[C@@H](c2ccc(Cl)cc2)[C@H]1c1ccc(Cl)cc1. The van der Waals surface area contributed by atoms with E-state index in [9.17, 15) is 14.7 Å². The molecule has 1 aliphatic heterocycles. The molecule has 0 aliphatic carbocycles. The summed E-state index contributed by atoms with van der Waals surface area (Å²) in [5.74, 6) is -0.701. The third-order valence-electron chi connectivity index (χ3n) is 6.60. The molecule has 3 aromatic carbocycles. The van der Waals surface area contributed by atoms with Gasteiger partial charge in [-0.3, -0.25) is 4.79 Å². The predicted octanol–water partition coefficient (Wildman–Crippen LogP) is 6.51. The number of carboxylic acids is 1. The molecule has 1 fully saturated rings. The van der Waals surface area contributed by atoms with Crippen molar-refractivity contribution in [3.05, 3.63) is 99.5 Å². The van der Waals surface area contributed by atoms with Crippen LogP contribution in [0.3, 0.4) is 0 Å². The van der Waals surface area contributed by atoms with E-state index in [1.54, 1.807) is 31.4 Å². The molecule has 0 spiro atoms. The van der Waals surface area contributed by atoms with Crippen molar-refractivity contribution in [2.45, 2.75) is 50.5 Å². The minimum absolute atomic E-state index is 0.287. The van der Waals surface area contributed by atoms with Gasteiger partial charge in [0, 0.05) is 16.5 Å². The van der Waals surface area contributed by atoms with Crippen LogP contribution >= 0.6 is 23.2 Å². The van der Waals surface area contributed by atoms with Gasteiger partial charge in [0.25, 0.3) is 5.91 Å². The lowest BCUT2D eigenvalue weighted by Gasteiger charge is -2.47. The van der Waals surface area contributed by atoms with Gasteiger partial charge in [0.15, 0.2) is 0 Å². The number of benzene rings is 3. The summed E-state index contributed by atoms with van der Waals surface area (Å²) < 4.78 is 11.8. The molecule has 6 nitrogen and oxygen atoms in total. The highest BCUT2D eigenvalue weighted by molar-refractivity contribution is 6.30. The Morgan fingerprint density at radius 3 is 2.05 bits per heavy atom. The Morgan fingerprint density at radius 2 is 1.54 bits per heavy atom. The van der Waals surface area contributed by atoms with E-state index in [-0.39, 0.29) is 12.3 Å². The van der Waals surface area contributed by atoms with Crippen LogP contribution in [0.15, 0.2) is 72.8 Å². The second kappa shape index (κ2) is 12.0. The summed E-state index contributed by atoms with van der Waals surface area (Å²) >= 11 is 12.3. The summed E-state index contributed by atoms with van der Waals surface area (Å²) in [5.41, 5.74) is 2.41. The molecule has 3 aromatic rings. The Balaban J connectivity index is 1.82. The van der Waals surface area contributed by atoms with Crippen molar-refractivity contribution in [2.24, 2.45) is 0 Å². The van der Waals surface area contributed by atoms with Crippen LogP contribution in [-0.2, 0) is 20.7 Å². The average Bonchev–Trinajstić information content (AvgIpc) is 2.90. The smallest absolute Gasteiger partial charge is 0.326 e. The van der Waals surface area contributed by atoms with Crippen LogP contribution in [0.1, 0.15) is 48.6 Å². The first-order valence-electron chi connectivity index (χ1n) is 12.2. The van der Waals surface area contributed by atoms with Crippen LogP contribution in [0.4, 0.5) is 0 Å². The van der Waals surface area contributed by atoms with Crippen LogP contribution in [0, 0.1) is 0 Å². The van der Waals surface area contributed by atoms with Gasteiger partial charge >= 0.3 is 5.97 Å². The number of methoxy groups -OCH3 is 1. The van der Waals surface area contributed by atoms with Gasteiger partial charge in [0.2, 0.25) is 0 Å². The summed E-state index contributed by atoms with van der Waals surface area (Å²) in [5, 5.41) is 11.3. The number of amides is 1. The van der Waals surface area contributed by atoms with Gasteiger partial charge in [-0.15, -0.1) is 0 Å². The molecule has 1 heterocycles. The summed E-state index contributed by atoms with van der Waals surface area (Å²) in [4.78, 5) is 28.0. The maximum atomic E-state index is 14.0. The molecule has 37 heavy (non-hydrogen) atoms. The van der Waals surface area contributed by atoms with Gasteiger partial charge in [-0.25, -0.2) is 4.79 Å². The predicted molar refractivity (Wildman–Crippen MR) is 143 cm³/mol. The van der Waals surface area contributed by atoms with Crippen molar-refractivity contribution in [3.8, 4) is 5.75 Å². The lowest BCUT2D eigenvalue weighted by molar-refractivity contribution is -0.184. The first kappa shape index (κ1) is 27.0. The number of halogens is 2. The van der Waals surface area contributed by atoms with Crippen molar-refractivity contribution >= 4 is 35.1 Å². The second-order valence-electron chi connectivity index (χ2n) is 9.03. The van der Waals surface area contributed by atoms with E-state index < -0.39 is 30.3 Å². The van der Waals surface area contributed by atoms with Crippen LogP contribution in [-0.4, -0.2) is 41.1 Å². The average molecular weight is 542 g/mol. The van der Waals surface area contributed by atoms with Gasteiger partial charge in [-0.1, -0.05) is 72.9 Å². The first-order chi connectivity index (χ1) is 17.8. The minimum atomic E-state index is -1.05. The molecule has 4 atom stereocenters. The number of carbonyl (C=O) groups excluding carboxylic acids is 1. The monoisotopic (exact) mass is 541 g/mol. The molecule has 1 saturated heterocycles. The van der Waals surface area contributed by atoms with Gasteiger partial charge in [-0.2, -0.15) is 0 Å². The maximum absolute atomic E-state index is 14.0. The number of carbonyl (C=O) groups is 2. The molecular formula is C29H29Cl2NO5. The van der Waals surface area contributed by atoms with Gasteiger partial charge < -0.3 is 19.5 Å². The summed E-state index contributed by atoms with van der Waals surface area (Å²) in [6.45, 7) is 1.91. The first-order valence-corrected chi connectivity index (χ1v) is 12.9. The van der Waals surface area contributed by atoms with Crippen LogP contribution < -0.4 is 4.74 Å².